The largest absolute Gasteiger partial charge is 0.477 e. The number of nitrogens with one attached hydrogen (secondary N) is 1. The number of carbonyl (C=O) groups is 2. The topological polar surface area (TPSA) is 127 Å². The van der Waals surface area contributed by atoms with E-state index in [1.807, 2.05) is 6.92 Å². The third-order valence-electron chi connectivity index (χ3n) is 12.7. The van der Waals surface area contributed by atoms with Crippen LogP contribution in [0.25, 0.3) is 0 Å². The summed E-state index contributed by atoms with van der Waals surface area (Å²) in [5, 5.41) is 11.1. The Labute approximate surface area is 270 Å². The van der Waals surface area contributed by atoms with Crippen LogP contribution in [0, 0.1) is 33.5 Å². The number of nitrogens with zero attached hydrogens (tertiary/aromatic N) is 3. The molecular formula is C35H48N4O7. The molecule has 6 aliphatic carbocycles. The number of aromatic nitrogens is 4. The Morgan fingerprint density at radius 2 is 1.41 bits per heavy atom. The first kappa shape index (κ1) is 30.3. The Balaban J connectivity index is 0.000000140. The first-order valence-corrected chi connectivity index (χ1v) is 17.8. The highest BCUT2D eigenvalue weighted by Crippen LogP contribution is 2.93. The van der Waals surface area contributed by atoms with Crippen molar-refractivity contribution in [1.29, 1.82) is 0 Å². The van der Waals surface area contributed by atoms with Crippen LogP contribution in [0.4, 0.5) is 0 Å². The van der Waals surface area contributed by atoms with Crippen LogP contribution >= 0.6 is 0 Å². The summed E-state index contributed by atoms with van der Waals surface area (Å²) in [6, 6.07) is 0. The van der Waals surface area contributed by atoms with Crippen molar-refractivity contribution in [3.05, 3.63) is 23.5 Å². The second-order valence-electron chi connectivity index (χ2n) is 14.7. The first-order valence-electron chi connectivity index (χ1n) is 17.8. The quantitative estimate of drug-likeness (QED) is 0.253. The number of hydrogen-bond acceptors (Lipinski definition) is 9. The molecule has 7 fully saturated rings. The van der Waals surface area contributed by atoms with Gasteiger partial charge in [0.1, 0.15) is 17.4 Å². The van der Waals surface area contributed by atoms with E-state index in [2.05, 4.69) is 15.3 Å². The molecule has 11 nitrogen and oxygen atoms in total. The molecule has 9 rings (SSSR count). The van der Waals surface area contributed by atoms with Crippen LogP contribution in [0.3, 0.4) is 0 Å². The average molecular weight is 637 g/mol. The van der Waals surface area contributed by atoms with E-state index in [4.69, 9.17) is 23.7 Å². The second-order valence-corrected chi connectivity index (χ2v) is 14.7. The van der Waals surface area contributed by atoms with Crippen molar-refractivity contribution in [1.82, 2.24) is 20.0 Å². The maximum absolute atomic E-state index is 12.3. The minimum Gasteiger partial charge on any atom is -0.477 e. The lowest BCUT2D eigenvalue weighted by Gasteiger charge is -2.22. The maximum Gasteiger partial charge on any atom is 0.345 e. The zero-order valence-electron chi connectivity index (χ0n) is 27.3. The van der Waals surface area contributed by atoms with Crippen LogP contribution in [0.2, 0.25) is 0 Å². The van der Waals surface area contributed by atoms with E-state index in [-0.39, 0.29) is 18.2 Å². The average Bonchev–Trinajstić information content (AvgIpc) is 3.81. The number of esters is 2. The van der Waals surface area contributed by atoms with Gasteiger partial charge in [0.2, 0.25) is 11.8 Å². The smallest absolute Gasteiger partial charge is 0.345 e. The number of H-pyrrole nitrogens is 1. The molecule has 2 aromatic heterocycles. The minimum absolute atomic E-state index is 0.109. The van der Waals surface area contributed by atoms with Gasteiger partial charge in [0.15, 0.2) is 0 Å². The number of aromatic amines is 1. The molecule has 3 heterocycles. The molecule has 7 aliphatic rings. The summed E-state index contributed by atoms with van der Waals surface area (Å²) >= 11 is 0. The Morgan fingerprint density at radius 3 is 1.93 bits per heavy atom. The fourth-order valence-electron chi connectivity index (χ4n) is 9.91. The van der Waals surface area contributed by atoms with Gasteiger partial charge in [-0.2, -0.15) is 5.10 Å². The molecule has 0 radical (unpaired) electrons. The first-order chi connectivity index (χ1) is 22.4. The van der Waals surface area contributed by atoms with Crippen LogP contribution in [0.15, 0.2) is 12.4 Å². The predicted molar refractivity (Wildman–Crippen MR) is 165 cm³/mol. The minimum atomic E-state index is -0.375. The summed E-state index contributed by atoms with van der Waals surface area (Å²) in [4.78, 5) is 24.0. The molecule has 1 saturated heterocycles. The SMILES string of the molecule is CCOC(=O)c1cn(C2CCCCO2)nc1OCCC1C2(CC2)C12CC2.CCOC(=O)c1cn[nH]c1OCCC1C2(CC2)C12CC2. The van der Waals surface area contributed by atoms with Crippen molar-refractivity contribution in [2.24, 2.45) is 33.5 Å². The third-order valence-corrected chi connectivity index (χ3v) is 12.7. The number of carbonyl (C=O) groups excluding carboxylic acids is 2. The standard InChI is InChI=1S/C20H28N2O4.C15H20N2O3/c1-2-24-18(23)14-13-22(16-5-3-4-11-25-16)21-17(14)26-12-6-15-19(7-8-19)20(15)9-10-20;1-2-19-13(18)10-9-16-17-12(10)20-8-3-11-14(4-5-14)15(11)6-7-15/h13,15-16H,2-12H2,1H3;9,11H,2-8H2,1H3,(H,16,17). The predicted octanol–water partition coefficient (Wildman–Crippen LogP) is 6.26. The van der Waals surface area contributed by atoms with E-state index in [1.165, 1.54) is 57.6 Å². The van der Waals surface area contributed by atoms with Gasteiger partial charge in [0, 0.05) is 12.8 Å². The molecule has 2 aromatic rings. The summed E-state index contributed by atoms with van der Waals surface area (Å²) in [5.41, 5.74) is 3.62. The van der Waals surface area contributed by atoms with Crippen molar-refractivity contribution in [2.75, 3.05) is 33.0 Å². The summed E-state index contributed by atoms with van der Waals surface area (Å²) in [6.07, 6.45) is 19.7. The fourth-order valence-corrected chi connectivity index (χ4v) is 9.91. The lowest BCUT2D eigenvalue weighted by Crippen LogP contribution is -2.18. The van der Waals surface area contributed by atoms with Crippen LogP contribution in [-0.2, 0) is 14.2 Å². The van der Waals surface area contributed by atoms with Crippen molar-refractivity contribution in [3.63, 3.8) is 0 Å². The molecule has 1 atom stereocenters. The van der Waals surface area contributed by atoms with Crippen molar-refractivity contribution >= 4 is 11.9 Å². The molecule has 250 valence electrons. The van der Waals surface area contributed by atoms with Gasteiger partial charge in [0.05, 0.1) is 32.6 Å². The molecule has 1 aliphatic heterocycles. The van der Waals surface area contributed by atoms with E-state index in [9.17, 15) is 9.59 Å². The van der Waals surface area contributed by atoms with E-state index in [0.29, 0.717) is 71.0 Å². The molecule has 6 saturated carbocycles. The van der Waals surface area contributed by atoms with E-state index >= 15 is 0 Å². The molecule has 1 unspecified atom stereocenters. The summed E-state index contributed by atoms with van der Waals surface area (Å²) in [6.45, 7) is 6.32. The van der Waals surface area contributed by atoms with Crippen molar-refractivity contribution < 1.29 is 33.3 Å². The van der Waals surface area contributed by atoms with Crippen LogP contribution in [0.5, 0.6) is 11.8 Å². The van der Waals surface area contributed by atoms with E-state index < -0.39 is 0 Å². The zero-order chi connectivity index (χ0) is 31.6. The molecule has 1 N–H and O–H groups in total. The van der Waals surface area contributed by atoms with E-state index in [1.54, 1.807) is 17.8 Å². The van der Waals surface area contributed by atoms with Gasteiger partial charge >= 0.3 is 11.9 Å². The Bertz CT molecular complexity index is 1420. The molecule has 11 heteroatoms. The van der Waals surface area contributed by atoms with Gasteiger partial charge < -0.3 is 23.7 Å². The highest BCUT2D eigenvalue weighted by atomic mass is 16.5. The molecule has 0 bridgehead atoms. The maximum atomic E-state index is 12.3. The second kappa shape index (κ2) is 11.3. The Kier molecular flexibility index (Phi) is 7.42. The summed E-state index contributed by atoms with van der Waals surface area (Å²) in [7, 11) is 0. The summed E-state index contributed by atoms with van der Waals surface area (Å²) < 4.78 is 29.4. The van der Waals surface area contributed by atoms with Crippen LogP contribution in [-0.4, -0.2) is 65.0 Å². The lowest BCUT2D eigenvalue weighted by molar-refractivity contribution is -0.0400. The summed E-state index contributed by atoms with van der Waals surface area (Å²) in [5.74, 6) is 1.80. The lowest BCUT2D eigenvalue weighted by atomic mass is 10.2. The fraction of sp³-hybridized carbons (Fsp3) is 0.771. The van der Waals surface area contributed by atoms with Gasteiger partial charge in [0.25, 0.3) is 0 Å². The Morgan fingerprint density at radius 1 is 0.848 bits per heavy atom. The van der Waals surface area contributed by atoms with E-state index in [0.717, 1.165) is 50.5 Å². The van der Waals surface area contributed by atoms with Gasteiger partial charge in [-0.3, -0.25) is 0 Å². The highest BCUT2D eigenvalue weighted by Gasteiger charge is 2.86. The molecule has 46 heavy (non-hydrogen) atoms. The van der Waals surface area contributed by atoms with Gasteiger partial charge in [-0.15, -0.1) is 5.10 Å². The monoisotopic (exact) mass is 636 g/mol. The number of ether oxygens (including phenoxy) is 5. The van der Waals surface area contributed by atoms with Gasteiger partial charge in [-0.25, -0.2) is 19.4 Å². The van der Waals surface area contributed by atoms with Crippen LogP contribution in [0.1, 0.15) is 124 Å². The molecule has 0 aromatic carbocycles. The number of hydrogen-bond donors (Lipinski definition) is 1. The Hall–Kier alpha value is -3.08. The normalized spacial score (nSPS) is 25.9. The van der Waals surface area contributed by atoms with Crippen molar-refractivity contribution in [2.45, 2.75) is 104 Å². The third kappa shape index (κ3) is 4.94. The number of fused-ring (bicyclic) bond motifs is 2. The van der Waals surface area contributed by atoms with Gasteiger partial charge in [-0.05, 0) is 131 Å². The van der Waals surface area contributed by atoms with Crippen molar-refractivity contribution in [3.8, 4) is 11.8 Å². The molecular weight excluding hydrogens is 588 g/mol. The zero-order valence-corrected chi connectivity index (χ0v) is 27.3. The number of rotatable bonds is 13. The molecule has 0 amide bonds. The highest BCUT2D eigenvalue weighted by molar-refractivity contribution is 5.92. The molecule has 4 spiro atoms. The van der Waals surface area contributed by atoms with Gasteiger partial charge in [-0.1, -0.05) is 0 Å². The van der Waals surface area contributed by atoms with Crippen LogP contribution < -0.4 is 9.47 Å².